The van der Waals surface area contributed by atoms with E-state index in [0.29, 0.717) is 16.6 Å². The lowest BCUT2D eigenvalue weighted by Gasteiger charge is -2.09. The van der Waals surface area contributed by atoms with Gasteiger partial charge < -0.3 is 4.74 Å². The van der Waals surface area contributed by atoms with Crippen molar-refractivity contribution >= 4 is 35.1 Å². The fourth-order valence-corrected chi connectivity index (χ4v) is 3.44. The first kappa shape index (κ1) is 21.9. The van der Waals surface area contributed by atoms with Crippen LogP contribution in [0.25, 0.3) is 0 Å². The van der Waals surface area contributed by atoms with E-state index >= 15 is 0 Å². The minimum Gasteiger partial charge on any atom is -0.471 e. The van der Waals surface area contributed by atoms with Gasteiger partial charge in [0.15, 0.2) is 12.4 Å². The molecule has 1 amide bonds. The molecule has 10 heteroatoms. The number of nitrogens with zero attached hydrogens (tertiary/aromatic N) is 5. The van der Waals surface area contributed by atoms with Crippen molar-refractivity contribution in [3.8, 4) is 5.75 Å². The van der Waals surface area contributed by atoms with Crippen LogP contribution < -0.4 is 10.1 Å². The maximum atomic E-state index is 12.5. The third kappa shape index (κ3) is 5.27. The number of benzene rings is 2. The highest BCUT2D eigenvalue weighted by Gasteiger charge is 2.13. The number of anilines is 1. The molecule has 0 aliphatic rings. The Morgan fingerprint density at radius 1 is 1.06 bits per heavy atom. The van der Waals surface area contributed by atoms with Crippen molar-refractivity contribution in [3.05, 3.63) is 87.4 Å². The number of amides is 1. The average molecular weight is 471 g/mol. The fourth-order valence-electron chi connectivity index (χ4n) is 2.97. The Bertz CT molecular complexity index is 1270. The van der Waals surface area contributed by atoms with Gasteiger partial charge in [-0.1, -0.05) is 41.4 Å². The Morgan fingerprint density at radius 3 is 2.72 bits per heavy atom. The molecule has 0 aliphatic carbocycles. The molecule has 0 fully saturated rings. The summed E-state index contributed by atoms with van der Waals surface area (Å²) in [5.41, 5.74) is 3.20. The molecule has 2 heterocycles. The highest BCUT2D eigenvalue weighted by Crippen LogP contribution is 2.22. The number of rotatable bonds is 7. The van der Waals surface area contributed by atoms with Crippen LogP contribution in [0.15, 0.2) is 55.0 Å². The first-order chi connectivity index (χ1) is 15.4. The highest BCUT2D eigenvalue weighted by atomic mass is 35.5. The zero-order valence-corrected chi connectivity index (χ0v) is 18.9. The van der Waals surface area contributed by atoms with Crippen LogP contribution in [0.4, 0.5) is 5.95 Å². The number of aromatic nitrogens is 5. The highest BCUT2D eigenvalue weighted by molar-refractivity contribution is 6.35. The molecule has 0 spiro atoms. The summed E-state index contributed by atoms with van der Waals surface area (Å²) in [6.45, 7) is 4.56. The number of halogens is 2. The molecule has 1 N–H and O–H groups in total. The first-order valence-corrected chi connectivity index (χ1v) is 10.5. The molecular weight excluding hydrogens is 451 g/mol. The van der Waals surface area contributed by atoms with Crippen molar-refractivity contribution in [2.45, 2.75) is 27.1 Å². The summed E-state index contributed by atoms with van der Waals surface area (Å²) < 4.78 is 8.93. The molecule has 32 heavy (non-hydrogen) atoms. The zero-order valence-electron chi connectivity index (χ0n) is 17.4. The van der Waals surface area contributed by atoms with Gasteiger partial charge in [0.1, 0.15) is 12.1 Å². The van der Waals surface area contributed by atoms with E-state index in [1.54, 1.807) is 33.8 Å². The van der Waals surface area contributed by atoms with Crippen LogP contribution in [0.2, 0.25) is 10.0 Å². The Kier molecular flexibility index (Phi) is 6.43. The monoisotopic (exact) mass is 470 g/mol. The van der Waals surface area contributed by atoms with Gasteiger partial charge in [0.25, 0.3) is 5.91 Å². The van der Waals surface area contributed by atoms with Gasteiger partial charge in [0.05, 0.1) is 6.54 Å². The van der Waals surface area contributed by atoms with Gasteiger partial charge >= 0.3 is 0 Å². The largest absolute Gasteiger partial charge is 0.471 e. The number of aryl methyl sites for hydroxylation is 2. The predicted octanol–water partition coefficient (Wildman–Crippen LogP) is 4.74. The normalized spacial score (nSPS) is 10.9. The van der Waals surface area contributed by atoms with Crippen LogP contribution in [-0.4, -0.2) is 30.5 Å². The number of carbonyl (C=O) groups excluding carboxylic acids is 1. The third-order valence-electron chi connectivity index (χ3n) is 4.68. The van der Waals surface area contributed by atoms with Crippen LogP contribution in [0, 0.1) is 13.8 Å². The van der Waals surface area contributed by atoms with Crippen LogP contribution in [0.3, 0.4) is 0 Å². The van der Waals surface area contributed by atoms with E-state index < -0.39 is 5.91 Å². The minimum atomic E-state index is -0.419. The minimum absolute atomic E-state index is 0.168. The first-order valence-electron chi connectivity index (χ1n) is 9.75. The average Bonchev–Trinajstić information content (AvgIpc) is 3.40. The summed E-state index contributed by atoms with van der Waals surface area (Å²) in [4.78, 5) is 16.6. The standard InChI is InChI=1S/C22H20Cl2N6O2/c1-14-3-4-15(2)20(9-14)32-13-29-8-7-19(27-29)21(31)26-22-25-12-30(28-22)11-16-5-6-17(23)10-18(16)24/h3-10,12H,11,13H2,1-2H3,(H,26,28,31). The van der Waals surface area contributed by atoms with Gasteiger partial charge in [0, 0.05) is 16.2 Å². The zero-order chi connectivity index (χ0) is 22.7. The lowest BCUT2D eigenvalue weighted by atomic mass is 10.1. The molecule has 4 rings (SSSR count). The quantitative estimate of drug-likeness (QED) is 0.421. The second kappa shape index (κ2) is 9.42. The SMILES string of the molecule is Cc1ccc(C)c(OCn2ccc(C(=O)Nc3ncn(Cc4ccc(Cl)cc4Cl)n3)n2)c1. The van der Waals surface area contributed by atoms with E-state index in [1.165, 1.54) is 6.33 Å². The molecule has 0 radical (unpaired) electrons. The summed E-state index contributed by atoms with van der Waals surface area (Å²) in [6.07, 6.45) is 3.19. The van der Waals surface area contributed by atoms with E-state index in [4.69, 9.17) is 27.9 Å². The van der Waals surface area contributed by atoms with Crippen molar-refractivity contribution in [1.29, 1.82) is 0 Å². The Hall–Kier alpha value is -3.36. The molecule has 0 atom stereocenters. The number of carbonyl (C=O) groups is 1. The topological polar surface area (TPSA) is 86.9 Å². The van der Waals surface area contributed by atoms with Gasteiger partial charge in [0.2, 0.25) is 5.95 Å². The summed E-state index contributed by atoms with van der Waals surface area (Å²) in [6, 6.07) is 12.8. The second-order valence-electron chi connectivity index (χ2n) is 7.24. The van der Waals surface area contributed by atoms with E-state index in [0.717, 1.165) is 22.4 Å². The number of ether oxygens (including phenoxy) is 1. The summed E-state index contributed by atoms with van der Waals surface area (Å²) >= 11 is 12.1. The molecular formula is C22H20Cl2N6O2. The molecule has 0 unspecified atom stereocenters. The summed E-state index contributed by atoms with van der Waals surface area (Å²) in [7, 11) is 0. The van der Waals surface area contributed by atoms with Crippen LogP contribution in [0.1, 0.15) is 27.2 Å². The molecule has 2 aromatic carbocycles. The van der Waals surface area contributed by atoms with E-state index in [1.807, 2.05) is 38.1 Å². The van der Waals surface area contributed by atoms with Crippen LogP contribution >= 0.6 is 23.2 Å². The third-order valence-corrected chi connectivity index (χ3v) is 5.27. The number of nitrogens with one attached hydrogen (secondary N) is 1. The van der Waals surface area contributed by atoms with Crippen molar-refractivity contribution in [1.82, 2.24) is 24.5 Å². The molecule has 8 nitrogen and oxygen atoms in total. The molecule has 0 aliphatic heterocycles. The number of hydrogen-bond acceptors (Lipinski definition) is 5. The predicted molar refractivity (Wildman–Crippen MR) is 122 cm³/mol. The summed E-state index contributed by atoms with van der Waals surface area (Å²) in [5, 5.41) is 12.2. The molecule has 2 aromatic heterocycles. The molecule has 0 bridgehead atoms. The molecule has 0 saturated carbocycles. The molecule has 0 saturated heterocycles. The van der Waals surface area contributed by atoms with Gasteiger partial charge in [-0.15, -0.1) is 5.10 Å². The van der Waals surface area contributed by atoms with Crippen LogP contribution in [0.5, 0.6) is 5.75 Å². The van der Waals surface area contributed by atoms with Gasteiger partial charge in [-0.25, -0.2) is 14.3 Å². The molecule has 4 aromatic rings. The maximum absolute atomic E-state index is 12.5. The van der Waals surface area contributed by atoms with E-state index in [-0.39, 0.29) is 18.4 Å². The fraction of sp³-hybridized carbons (Fsp3) is 0.182. The molecule has 164 valence electrons. The lowest BCUT2D eigenvalue weighted by molar-refractivity contribution is 0.101. The van der Waals surface area contributed by atoms with Crippen molar-refractivity contribution in [2.24, 2.45) is 0 Å². The van der Waals surface area contributed by atoms with E-state index in [9.17, 15) is 4.79 Å². The summed E-state index contributed by atoms with van der Waals surface area (Å²) in [5.74, 6) is 0.529. The maximum Gasteiger partial charge on any atom is 0.278 e. The lowest BCUT2D eigenvalue weighted by Crippen LogP contribution is -2.15. The van der Waals surface area contributed by atoms with E-state index in [2.05, 4.69) is 20.5 Å². The Labute approximate surface area is 194 Å². The number of hydrogen-bond donors (Lipinski definition) is 1. The second-order valence-corrected chi connectivity index (χ2v) is 8.08. The van der Waals surface area contributed by atoms with Gasteiger partial charge in [-0.3, -0.25) is 10.1 Å². The van der Waals surface area contributed by atoms with Crippen molar-refractivity contribution < 1.29 is 9.53 Å². The Morgan fingerprint density at radius 2 is 1.91 bits per heavy atom. The smallest absolute Gasteiger partial charge is 0.278 e. The van der Waals surface area contributed by atoms with Gasteiger partial charge in [-0.05, 0) is 54.8 Å². The Balaban J connectivity index is 1.35. The van der Waals surface area contributed by atoms with Gasteiger partial charge in [-0.2, -0.15) is 5.10 Å². The van der Waals surface area contributed by atoms with Crippen molar-refractivity contribution in [2.75, 3.05) is 5.32 Å². The van der Waals surface area contributed by atoms with Crippen molar-refractivity contribution in [3.63, 3.8) is 0 Å². The van der Waals surface area contributed by atoms with Crippen LogP contribution in [-0.2, 0) is 13.3 Å².